The van der Waals surface area contributed by atoms with Gasteiger partial charge < -0.3 is 9.88 Å². The summed E-state index contributed by atoms with van der Waals surface area (Å²) in [6.07, 6.45) is 1.81. The maximum Gasteiger partial charge on any atom is 0.278 e. The van der Waals surface area contributed by atoms with Crippen molar-refractivity contribution < 1.29 is 4.79 Å². The number of hydrogen-bond donors (Lipinski definition) is 1. The highest BCUT2D eigenvalue weighted by atomic mass is 32.2. The molecule has 7 heteroatoms. The highest BCUT2D eigenvalue weighted by Crippen LogP contribution is 2.27. The number of aromatic amines is 1. The van der Waals surface area contributed by atoms with Crippen molar-refractivity contribution >= 4 is 28.7 Å². The van der Waals surface area contributed by atoms with Crippen LogP contribution in [0.25, 0.3) is 22.2 Å². The summed E-state index contributed by atoms with van der Waals surface area (Å²) in [6.45, 7) is 5.27. The Morgan fingerprint density at radius 3 is 2.58 bits per heavy atom. The smallest absolute Gasteiger partial charge is 0.278 e. The Bertz CT molecular complexity index is 974. The second kappa shape index (κ2) is 7.78. The van der Waals surface area contributed by atoms with Gasteiger partial charge in [0.05, 0.1) is 5.75 Å². The molecule has 1 N–H and O–H groups in total. The minimum atomic E-state index is -0.144. The quantitative estimate of drug-likeness (QED) is 0.535. The molecule has 0 aliphatic rings. The summed E-state index contributed by atoms with van der Waals surface area (Å²) in [5, 5.41) is 0.541. The Morgan fingerprint density at radius 1 is 1.23 bits per heavy atom. The Balaban J connectivity index is 1.98. The second-order valence-corrected chi connectivity index (χ2v) is 6.85. The first kappa shape index (κ1) is 18.3. The minimum absolute atomic E-state index is 0.0479. The van der Waals surface area contributed by atoms with Crippen LogP contribution in [0.3, 0.4) is 0 Å². The number of thioether (sulfide) groups is 1. The van der Waals surface area contributed by atoms with Crippen LogP contribution < -0.4 is 5.56 Å². The first-order valence-corrected chi connectivity index (χ1v) is 9.59. The monoisotopic (exact) mass is 370 g/mol. The summed E-state index contributed by atoms with van der Waals surface area (Å²) in [5.74, 6) is 0.310. The molecule has 0 atom stereocenters. The molecule has 0 radical (unpaired) electrons. The third-order valence-electron chi connectivity index (χ3n) is 4.39. The molecule has 0 saturated carbocycles. The molecule has 0 bridgehead atoms. The maximum atomic E-state index is 12.7. The van der Waals surface area contributed by atoms with Crippen molar-refractivity contribution in [3.05, 3.63) is 46.9 Å². The van der Waals surface area contributed by atoms with Crippen LogP contribution in [-0.2, 0) is 11.8 Å². The van der Waals surface area contributed by atoms with Crippen molar-refractivity contribution in [3.63, 3.8) is 0 Å². The molecular formula is C19H22N4O2S. The van der Waals surface area contributed by atoms with E-state index < -0.39 is 0 Å². The van der Waals surface area contributed by atoms with Crippen LogP contribution in [0.5, 0.6) is 0 Å². The highest BCUT2D eigenvalue weighted by molar-refractivity contribution is 7.99. The molecule has 1 aromatic carbocycles. The molecular weight excluding hydrogens is 348 g/mol. The van der Waals surface area contributed by atoms with E-state index in [2.05, 4.69) is 9.97 Å². The van der Waals surface area contributed by atoms with Gasteiger partial charge in [-0.2, -0.15) is 0 Å². The summed E-state index contributed by atoms with van der Waals surface area (Å²) in [4.78, 5) is 34.4. The Labute approximate surface area is 156 Å². The Kier molecular flexibility index (Phi) is 5.46. The van der Waals surface area contributed by atoms with Crippen molar-refractivity contribution in [1.82, 2.24) is 19.4 Å². The van der Waals surface area contributed by atoms with Gasteiger partial charge in [-0.1, -0.05) is 42.1 Å². The average Bonchev–Trinajstić information content (AvgIpc) is 3.09. The molecule has 3 rings (SSSR count). The van der Waals surface area contributed by atoms with Crippen molar-refractivity contribution in [3.8, 4) is 11.1 Å². The summed E-state index contributed by atoms with van der Waals surface area (Å²) < 4.78 is 1.49. The number of hydrogen-bond acceptors (Lipinski definition) is 4. The standard InChI is InChI=1S/C19H22N4O2S/c1-4-23(5-2)15(24)12-26-19-21-16-14(13-9-7-6-8-10-13)11-20-17(16)18(25)22(19)3/h6-11,20H,4-5,12H2,1-3H3. The molecule has 0 aliphatic carbocycles. The predicted octanol–water partition coefficient (Wildman–Crippen LogP) is 2.89. The van der Waals surface area contributed by atoms with E-state index in [1.54, 1.807) is 11.9 Å². The lowest BCUT2D eigenvalue weighted by Gasteiger charge is -2.18. The number of amides is 1. The molecule has 0 aliphatic heterocycles. The van der Waals surface area contributed by atoms with E-state index in [0.717, 1.165) is 11.1 Å². The number of H-pyrrole nitrogens is 1. The molecule has 0 unspecified atom stereocenters. The van der Waals surface area contributed by atoms with E-state index in [0.29, 0.717) is 29.3 Å². The van der Waals surface area contributed by atoms with Gasteiger partial charge >= 0.3 is 0 Å². The fourth-order valence-electron chi connectivity index (χ4n) is 2.88. The van der Waals surface area contributed by atoms with Gasteiger partial charge in [0.1, 0.15) is 11.0 Å². The molecule has 2 aromatic heterocycles. The van der Waals surface area contributed by atoms with E-state index in [9.17, 15) is 9.59 Å². The lowest BCUT2D eigenvalue weighted by molar-refractivity contribution is -0.127. The molecule has 0 saturated heterocycles. The van der Waals surface area contributed by atoms with Crippen LogP contribution in [0.4, 0.5) is 0 Å². The van der Waals surface area contributed by atoms with Crippen molar-refractivity contribution in [2.45, 2.75) is 19.0 Å². The summed E-state index contributed by atoms with van der Waals surface area (Å²) in [7, 11) is 1.68. The van der Waals surface area contributed by atoms with E-state index in [1.807, 2.05) is 50.4 Å². The Hall–Kier alpha value is -2.54. The number of benzene rings is 1. The first-order valence-electron chi connectivity index (χ1n) is 8.60. The lowest BCUT2D eigenvalue weighted by Crippen LogP contribution is -2.32. The van der Waals surface area contributed by atoms with Crippen LogP contribution in [0, 0.1) is 0 Å². The number of carbonyl (C=O) groups excluding carboxylic acids is 1. The van der Waals surface area contributed by atoms with Crippen molar-refractivity contribution in [2.75, 3.05) is 18.8 Å². The average molecular weight is 370 g/mol. The number of nitrogens with zero attached hydrogens (tertiary/aromatic N) is 3. The molecule has 0 spiro atoms. The van der Waals surface area contributed by atoms with Crippen LogP contribution >= 0.6 is 11.8 Å². The first-order chi connectivity index (χ1) is 12.6. The number of nitrogens with one attached hydrogen (secondary N) is 1. The van der Waals surface area contributed by atoms with Crippen LogP contribution in [0.15, 0.2) is 46.5 Å². The number of rotatable bonds is 6. The van der Waals surface area contributed by atoms with Gasteiger partial charge in [0, 0.05) is 31.9 Å². The van der Waals surface area contributed by atoms with E-state index >= 15 is 0 Å². The third-order valence-corrected chi connectivity index (χ3v) is 5.41. The normalized spacial score (nSPS) is 11.0. The molecule has 3 aromatic rings. The summed E-state index contributed by atoms with van der Waals surface area (Å²) in [6, 6.07) is 9.82. The van der Waals surface area contributed by atoms with E-state index in [1.165, 1.54) is 16.3 Å². The maximum absolute atomic E-state index is 12.7. The van der Waals surface area contributed by atoms with Gasteiger partial charge in [0.25, 0.3) is 5.56 Å². The molecule has 1 amide bonds. The topological polar surface area (TPSA) is 71.0 Å². The second-order valence-electron chi connectivity index (χ2n) is 5.91. The van der Waals surface area contributed by atoms with E-state index in [-0.39, 0.29) is 17.2 Å². The lowest BCUT2D eigenvalue weighted by atomic mass is 10.1. The number of fused-ring (bicyclic) bond motifs is 1. The zero-order valence-corrected chi connectivity index (χ0v) is 16.0. The molecule has 2 heterocycles. The largest absolute Gasteiger partial charge is 0.355 e. The van der Waals surface area contributed by atoms with Gasteiger partial charge in [0.2, 0.25) is 5.91 Å². The summed E-state index contributed by atoms with van der Waals surface area (Å²) >= 11 is 1.30. The summed E-state index contributed by atoms with van der Waals surface area (Å²) in [5.41, 5.74) is 2.85. The predicted molar refractivity (Wildman–Crippen MR) is 105 cm³/mol. The SMILES string of the molecule is CCN(CC)C(=O)CSc1nc2c(-c3ccccc3)c[nH]c2c(=O)n1C. The zero-order valence-electron chi connectivity index (χ0n) is 15.2. The molecule has 26 heavy (non-hydrogen) atoms. The molecule has 6 nitrogen and oxygen atoms in total. The minimum Gasteiger partial charge on any atom is -0.355 e. The van der Waals surface area contributed by atoms with Crippen molar-refractivity contribution in [1.29, 1.82) is 0 Å². The van der Waals surface area contributed by atoms with E-state index in [4.69, 9.17) is 0 Å². The Morgan fingerprint density at radius 2 is 1.92 bits per heavy atom. The molecule has 136 valence electrons. The van der Waals surface area contributed by atoms with Gasteiger partial charge in [-0.25, -0.2) is 4.98 Å². The van der Waals surface area contributed by atoms with Gasteiger partial charge in [-0.05, 0) is 19.4 Å². The highest BCUT2D eigenvalue weighted by Gasteiger charge is 2.17. The van der Waals surface area contributed by atoms with Crippen LogP contribution in [0.2, 0.25) is 0 Å². The van der Waals surface area contributed by atoms with Gasteiger partial charge in [-0.15, -0.1) is 0 Å². The third kappa shape index (κ3) is 3.39. The van der Waals surface area contributed by atoms with Crippen LogP contribution in [0.1, 0.15) is 13.8 Å². The number of aromatic nitrogens is 3. The van der Waals surface area contributed by atoms with Gasteiger partial charge in [0.15, 0.2) is 5.16 Å². The van der Waals surface area contributed by atoms with Crippen molar-refractivity contribution in [2.24, 2.45) is 7.05 Å². The van der Waals surface area contributed by atoms with Gasteiger partial charge in [-0.3, -0.25) is 14.2 Å². The zero-order chi connectivity index (χ0) is 18.7. The fraction of sp³-hybridized carbons (Fsp3) is 0.316. The fourth-order valence-corrected chi connectivity index (χ4v) is 3.75. The molecule has 0 fully saturated rings. The number of carbonyl (C=O) groups is 1. The van der Waals surface area contributed by atoms with Crippen LogP contribution in [-0.4, -0.2) is 44.2 Å².